The summed E-state index contributed by atoms with van der Waals surface area (Å²) >= 11 is 0.966. The number of hydrogen-bond acceptors (Lipinski definition) is 6. The molecule has 0 aliphatic carbocycles. The highest BCUT2D eigenvalue weighted by Crippen LogP contribution is 2.20. The maximum Gasteiger partial charge on any atom is 0.242 e. The summed E-state index contributed by atoms with van der Waals surface area (Å²) in [6, 6.07) is 4.78. The van der Waals surface area contributed by atoms with Gasteiger partial charge >= 0.3 is 0 Å². The van der Waals surface area contributed by atoms with Crippen molar-refractivity contribution in [3.63, 3.8) is 0 Å². The zero-order chi connectivity index (χ0) is 12.5. The molecule has 1 atom stereocenters. The largest absolute Gasteiger partial charge is 0.392 e. The second-order valence-electron chi connectivity index (χ2n) is 3.59. The van der Waals surface area contributed by atoms with Gasteiger partial charge < -0.3 is 5.11 Å². The second kappa shape index (κ2) is 4.65. The molecule has 0 saturated heterocycles. The van der Waals surface area contributed by atoms with Crippen LogP contribution in [0.25, 0.3) is 11.0 Å². The molecule has 17 heavy (non-hydrogen) atoms. The average Bonchev–Trinajstić information content (AvgIpc) is 2.74. The lowest BCUT2D eigenvalue weighted by Gasteiger charge is -2.08. The molecular weight excluding hydrogens is 262 g/mol. The van der Waals surface area contributed by atoms with Crippen LogP contribution < -0.4 is 4.72 Å². The maximum atomic E-state index is 12.0. The predicted octanol–water partition coefficient (Wildman–Crippen LogP) is 0.350. The van der Waals surface area contributed by atoms with Crippen molar-refractivity contribution in [1.82, 2.24) is 13.5 Å². The first-order chi connectivity index (χ1) is 8.00. The number of benzene rings is 1. The highest BCUT2D eigenvalue weighted by Gasteiger charge is 2.19. The Morgan fingerprint density at radius 3 is 2.94 bits per heavy atom. The van der Waals surface area contributed by atoms with Crippen LogP contribution in [0.4, 0.5) is 0 Å². The standard InChI is InChI=1S/C9H11N3O3S2/c1-6(13)5-10-17(14,15)8-4-2-3-7-9(8)12-16-11-7/h2-4,6,10,13H,5H2,1H3/t6-/m0/s1. The number of hydrogen-bond donors (Lipinski definition) is 2. The van der Waals surface area contributed by atoms with Crippen LogP contribution in [0.2, 0.25) is 0 Å². The molecule has 0 aliphatic rings. The van der Waals surface area contributed by atoms with Crippen molar-refractivity contribution >= 4 is 32.8 Å². The van der Waals surface area contributed by atoms with Crippen LogP contribution in [0, 0.1) is 0 Å². The molecule has 0 fully saturated rings. The van der Waals surface area contributed by atoms with Crippen molar-refractivity contribution in [2.24, 2.45) is 0 Å². The summed E-state index contributed by atoms with van der Waals surface area (Å²) in [6.07, 6.45) is -0.738. The van der Waals surface area contributed by atoms with Gasteiger partial charge in [-0.25, -0.2) is 13.1 Å². The van der Waals surface area contributed by atoms with Crippen molar-refractivity contribution < 1.29 is 13.5 Å². The predicted molar refractivity (Wildman–Crippen MR) is 64.3 cm³/mol. The maximum absolute atomic E-state index is 12.0. The smallest absolute Gasteiger partial charge is 0.242 e. The van der Waals surface area contributed by atoms with Crippen LogP contribution in [-0.4, -0.2) is 34.9 Å². The van der Waals surface area contributed by atoms with Crippen molar-refractivity contribution in [3.8, 4) is 0 Å². The molecule has 8 heteroatoms. The number of aliphatic hydroxyl groups excluding tert-OH is 1. The summed E-state index contributed by atoms with van der Waals surface area (Å²) in [4.78, 5) is 0.0874. The summed E-state index contributed by atoms with van der Waals surface area (Å²) in [5, 5.41) is 9.08. The average molecular weight is 273 g/mol. The van der Waals surface area contributed by atoms with E-state index in [1.165, 1.54) is 13.0 Å². The van der Waals surface area contributed by atoms with Crippen LogP contribution >= 0.6 is 11.7 Å². The molecule has 0 radical (unpaired) electrons. The van der Waals surface area contributed by atoms with Crippen molar-refractivity contribution in [2.75, 3.05) is 6.54 Å². The zero-order valence-electron chi connectivity index (χ0n) is 8.99. The molecule has 6 nitrogen and oxygen atoms in total. The van der Waals surface area contributed by atoms with Gasteiger partial charge in [0.15, 0.2) is 0 Å². The topological polar surface area (TPSA) is 92.2 Å². The Balaban J connectivity index is 2.42. The summed E-state index contributed by atoms with van der Waals surface area (Å²) < 4.78 is 34.2. The Labute approximate surface area is 103 Å². The lowest BCUT2D eigenvalue weighted by Crippen LogP contribution is -2.30. The number of fused-ring (bicyclic) bond motifs is 1. The van der Waals surface area contributed by atoms with Gasteiger partial charge in [0.05, 0.1) is 17.8 Å². The quantitative estimate of drug-likeness (QED) is 0.838. The van der Waals surface area contributed by atoms with Crippen molar-refractivity contribution in [2.45, 2.75) is 17.9 Å². The number of rotatable bonds is 4. The highest BCUT2D eigenvalue weighted by molar-refractivity contribution is 7.89. The van der Waals surface area contributed by atoms with E-state index in [2.05, 4.69) is 13.5 Å². The van der Waals surface area contributed by atoms with Crippen LogP contribution in [0.15, 0.2) is 23.1 Å². The molecule has 2 aromatic rings. The van der Waals surface area contributed by atoms with Gasteiger partial charge in [0.25, 0.3) is 0 Å². The minimum atomic E-state index is -3.66. The normalized spacial score (nSPS) is 14.0. The Bertz CT molecular complexity index is 621. The second-order valence-corrected chi connectivity index (χ2v) is 5.85. The van der Waals surface area contributed by atoms with E-state index in [0.29, 0.717) is 11.0 Å². The zero-order valence-corrected chi connectivity index (χ0v) is 10.6. The van der Waals surface area contributed by atoms with Crippen molar-refractivity contribution in [3.05, 3.63) is 18.2 Å². The SMILES string of the molecule is C[C@H](O)CNS(=O)(=O)c1cccc2nsnc12. The molecule has 0 spiro atoms. The third-order valence-corrected chi connectivity index (χ3v) is 4.11. The molecule has 0 aliphatic heterocycles. The van der Waals surface area contributed by atoms with E-state index in [9.17, 15) is 8.42 Å². The van der Waals surface area contributed by atoms with Gasteiger partial charge in [-0.05, 0) is 19.1 Å². The number of nitrogens with one attached hydrogen (secondary N) is 1. The van der Waals surface area contributed by atoms with E-state index < -0.39 is 16.1 Å². The van der Waals surface area contributed by atoms with Gasteiger partial charge in [0.2, 0.25) is 10.0 Å². The number of aromatic nitrogens is 2. The highest BCUT2D eigenvalue weighted by atomic mass is 32.2. The minimum absolute atomic E-state index is 0.0315. The Hall–Kier alpha value is -1.09. The molecule has 92 valence electrons. The fourth-order valence-electron chi connectivity index (χ4n) is 1.31. The Morgan fingerprint density at radius 1 is 1.47 bits per heavy atom. The van der Waals surface area contributed by atoms with Crippen molar-refractivity contribution in [1.29, 1.82) is 0 Å². The molecule has 0 amide bonds. The first-order valence-electron chi connectivity index (χ1n) is 4.90. The summed E-state index contributed by atoms with van der Waals surface area (Å²) in [6.45, 7) is 1.48. The first-order valence-corrected chi connectivity index (χ1v) is 7.11. The molecular formula is C9H11N3O3S2. The van der Waals surface area contributed by atoms with E-state index >= 15 is 0 Å². The van der Waals surface area contributed by atoms with E-state index in [0.717, 1.165) is 11.7 Å². The minimum Gasteiger partial charge on any atom is -0.392 e. The van der Waals surface area contributed by atoms with Gasteiger partial charge in [-0.1, -0.05) is 6.07 Å². The van der Waals surface area contributed by atoms with E-state index in [-0.39, 0.29) is 11.4 Å². The lowest BCUT2D eigenvalue weighted by molar-refractivity contribution is 0.198. The molecule has 0 bridgehead atoms. The van der Waals surface area contributed by atoms with Crippen LogP contribution in [0.3, 0.4) is 0 Å². The number of nitrogens with zero attached hydrogens (tertiary/aromatic N) is 2. The summed E-state index contributed by atoms with van der Waals surface area (Å²) in [5.74, 6) is 0. The molecule has 0 saturated carbocycles. The molecule has 0 unspecified atom stereocenters. The number of sulfonamides is 1. The monoisotopic (exact) mass is 273 g/mol. The third-order valence-electron chi connectivity index (χ3n) is 2.11. The van der Waals surface area contributed by atoms with E-state index in [1.807, 2.05) is 0 Å². The third kappa shape index (κ3) is 2.60. The van der Waals surface area contributed by atoms with Gasteiger partial charge in [-0.15, -0.1) is 0 Å². The van der Waals surface area contributed by atoms with Gasteiger partial charge in [-0.3, -0.25) is 0 Å². The molecule has 1 aromatic carbocycles. The fraction of sp³-hybridized carbons (Fsp3) is 0.333. The molecule has 2 rings (SSSR count). The van der Waals surface area contributed by atoms with Crippen LogP contribution in [0.5, 0.6) is 0 Å². The first kappa shape index (κ1) is 12.4. The summed E-state index contributed by atoms with van der Waals surface area (Å²) in [5.41, 5.74) is 0.908. The summed E-state index contributed by atoms with van der Waals surface area (Å²) in [7, 11) is -3.66. The van der Waals surface area contributed by atoms with E-state index in [4.69, 9.17) is 5.11 Å². The fourth-order valence-corrected chi connectivity index (χ4v) is 3.19. The number of aliphatic hydroxyl groups is 1. The molecule has 1 heterocycles. The Kier molecular flexibility index (Phi) is 3.38. The Morgan fingerprint density at radius 2 is 2.24 bits per heavy atom. The van der Waals surface area contributed by atoms with Gasteiger partial charge in [0, 0.05) is 6.54 Å². The van der Waals surface area contributed by atoms with E-state index in [1.54, 1.807) is 12.1 Å². The lowest BCUT2D eigenvalue weighted by atomic mass is 10.3. The van der Waals surface area contributed by atoms with Crippen LogP contribution in [-0.2, 0) is 10.0 Å². The van der Waals surface area contributed by atoms with Gasteiger partial charge in [-0.2, -0.15) is 8.75 Å². The van der Waals surface area contributed by atoms with Gasteiger partial charge in [0.1, 0.15) is 15.9 Å². The molecule has 2 N–H and O–H groups in total. The molecule has 1 aromatic heterocycles. The van der Waals surface area contributed by atoms with Crippen LogP contribution in [0.1, 0.15) is 6.92 Å².